The van der Waals surface area contributed by atoms with Crippen LogP contribution in [0.3, 0.4) is 0 Å². The van der Waals surface area contributed by atoms with Crippen LogP contribution in [0.2, 0.25) is 0 Å². The van der Waals surface area contributed by atoms with Crippen molar-refractivity contribution in [1.29, 1.82) is 0 Å². The highest BCUT2D eigenvalue weighted by Gasteiger charge is 2.11. The first-order valence-electron chi connectivity index (χ1n) is 9.02. The van der Waals surface area contributed by atoms with Crippen LogP contribution < -0.4 is 15.7 Å². The van der Waals surface area contributed by atoms with Gasteiger partial charge in [0.25, 0.3) is 5.91 Å². The summed E-state index contributed by atoms with van der Waals surface area (Å²) in [4.78, 5) is 35.3. The van der Waals surface area contributed by atoms with E-state index in [4.69, 9.17) is 13.9 Å². The maximum Gasteiger partial charge on any atom is 0.344 e. The van der Waals surface area contributed by atoms with Crippen LogP contribution in [0.15, 0.2) is 51.7 Å². The second-order valence-electron chi connectivity index (χ2n) is 6.72. The van der Waals surface area contributed by atoms with Gasteiger partial charge in [-0.25, -0.2) is 9.59 Å². The van der Waals surface area contributed by atoms with E-state index in [0.717, 1.165) is 22.1 Å². The predicted molar refractivity (Wildman–Crippen MR) is 108 cm³/mol. The first-order chi connectivity index (χ1) is 13.8. The number of aryl methyl sites for hydroxylation is 3. The van der Waals surface area contributed by atoms with E-state index in [0.29, 0.717) is 17.0 Å². The topological polar surface area (TPSA) is 94.8 Å². The third-order valence-corrected chi connectivity index (χ3v) is 4.30. The van der Waals surface area contributed by atoms with E-state index in [2.05, 4.69) is 5.32 Å². The molecule has 2 aromatic carbocycles. The van der Waals surface area contributed by atoms with Crippen LogP contribution in [0.25, 0.3) is 11.0 Å². The van der Waals surface area contributed by atoms with Gasteiger partial charge >= 0.3 is 11.6 Å². The molecule has 7 heteroatoms. The SMILES string of the molecule is Cc1ccc(NC(=O)COC(=O)COc2ccc3c(C)cc(=O)oc3c2)c(C)c1. The maximum absolute atomic E-state index is 12.0. The predicted octanol–water partition coefficient (Wildman–Crippen LogP) is 3.28. The van der Waals surface area contributed by atoms with E-state index in [9.17, 15) is 14.4 Å². The number of nitrogens with one attached hydrogen (secondary N) is 1. The van der Waals surface area contributed by atoms with Gasteiger partial charge in [-0.1, -0.05) is 17.7 Å². The van der Waals surface area contributed by atoms with Crippen molar-refractivity contribution in [1.82, 2.24) is 0 Å². The van der Waals surface area contributed by atoms with Crippen LogP contribution in [-0.4, -0.2) is 25.1 Å². The Kier molecular flexibility index (Phi) is 5.97. The van der Waals surface area contributed by atoms with Crippen molar-refractivity contribution in [3.05, 3.63) is 69.6 Å². The van der Waals surface area contributed by atoms with Crippen LogP contribution in [0.5, 0.6) is 5.75 Å². The van der Waals surface area contributed by atoms with Crippen LogP contribution in [0.1, 0.15) is 16.7 Å². The Morgan fingerprint density at radius 1 is 0.966 bits per heavy atom. The molecule has 29 heavy (non-hydrogen) atoms. The Hall–Kier alpha value is -3.61. The summed E-state index contributed by atoms with van der Waals surface area (Å²) in [5, 5.41) is 3.48. The minimum absolute atomic E-state index is 0.350. The van der Waals surface area contributed by atoms with Crippen LogP contribution >= 0.6 is 0 Å². The van der Waals surface area contributed by atoms with Crippen LogP contribution in [0.4, 0.5) is 5.69 Å². The molecule has 3 rings (SSSR count). The van der Waals surface area contributed by atoms with Crippen molar-refractivity contribution < 1.29 is 23.5 Å². The van der Waals surface area contributed by atoms with Crippen molar-refractivity contribution in [3.63, 3.8) is 0 Å². The number of benzene rings is 2. The lowest BCUT2D eigenvalue weighted by Gasteiger charge is -2.10. The van der Waals surface area contributed by atoms with E-state index in [1.807, 2.05) is 26.0 Å². The Balaban J connectivity index is 1.51. The molecule has 0 aliphatic rings. The molecular formula is C22H21NO6. The number of rotatable bonds is 6. The monoisotopic (exact) mass is 395 g/mol. The van der Waals surface area contributed by atoms with Crippen LogP contribution in [0, 0.1) is 20.8 Å². The fourth-order valence-corrected chi connectivity index (χ4v) is 2.87. The van der Waals surface area contributed by atoms with Crippen molar-refractivity contribution in [2.75, 3.05) is 18.5 Å². The molecule has 1 N–H and O–H groups in total. The number of carbonyl (C=O) groups excluding carboxylic acids is 2. The molecule has 1 amide bonds. The van der Waals surface area contributed by atoms with Crippen molar-refractivity contribution in [3.8, 4) is 5.75 Å². The summed E-state index contributed by atoms with van der Waals surface area (Å²) in [5.74, 6) is -0.775. The Labute approximate surface area is 167 Å². The minimum Gasteiger partial charge on any atom is -0.482 e. The van der Waals surface area contributed by atoms with Gasteiger partial charge in [0.1, 0.15) is 11.3 Å². The van der Waals surface area contributed by atoms with E-state index >= 15 is 0 Å². The molecule has 0 unspecified atom stereocenters. The number of anilines is 1. The number of amides is 1. The Bertz CT molecular complexity index is 1130. The van der Waals surface area contributed by atoms with Gasteiger partial charge in [-0.2, -0.15) is 0 Å². The smallest absolute Gasteiger partial charge is 0.344 e. The van der Waals surface area contributed by atoms with E-state index < -0.39 is 24.1 Å². The largest absolute Gasteiger partial charge is 0.482 e. The quantitative estimate of drug-likeness (QED) is 0.508. The molecule has 0 saturated carbocycles. The molecule has 0 radical (unpaired) electrons. The summed E-state index contributed by atoms with van der Waals surface area (Å²) < 4.78 is 15.4. The second kappa shape index (κ2) is 8.60. The van der Waals surface area contributed by atoms with Crippen molar-refractivity contribution >= 4 is 28.5 Å². The number of carbonyl (C=O) groups is 2. The fraction of sp³-hybridized carbons (Fsp3) is 0.227. The fourth-order valence-electron chi connectivity index (χ4n) is 2.87. The highest BCUT2D eigenvalue weighted by atomic mass is 16.6. The third kappa shape index (κ3) is 5.22. The first kappa shape index (κ1) is 20.1. The van der Waals surface area contributed by atoms with Gasteiger partial charge in [0.05, 0.1) is 0 Å². The normalized spacial score (nSPS) is 10.6. The summed E-state index contributed by atoms with van der Waals surface area (Å²) in [6, 6.07) is 12.0. The summed E-state index contributed by atoms with van der Waals surface area (Å²) >= 11 is 0. The molecule has 0 atom stereocenters. The summed E-state index contributed by atoms with van der Waals surface area (Å²) in [6.45, 7) is 4.86. The average Bonchev–Trinajstić information content (AvgIpc) is 2.66. The average molecular weight is 395 g/mol. The zero-order valence-electron chi connectivity index (χ0n) is 16.4. The Morgan fingerprint density at radius 2 is 1.76 bits per heavy atom. The first-order valence-corrected chi connectivity index (χ1v) is 9.02. The molecule has 3 aromatic rings. The number of ether oxygens (including phenoxy) is 2. The van der Waals surface area contributed by atoms with E-state index in [1.165, 1.54) is 12.1 Å². The molecule has 150 valence electrons. The molecule has 7 nitrogen and oxygen atoms in total. The molecule has 0 aliphatic carbocycles. The molecule has 0 aliphatic heterocycles. The lowest BCUT2D eigenvalue weighted by molar-refractivity contribution is -0.149. The van der Waals surface area contributed by atoms with Gasteiger partial charge in [-0.05, 0) is 50.1 Å². The standard InChI is InChI=1S/C22H21NO6/c1-13-4-7-18(15(3)8-13)23-20(24)11-28-22(26)12-27-16-5-6-17-14(2)9-21(25)29-19(17)10-16/h4-10H,11-12H2,1-3H3,(H,23,24). The van der Waals surface area contributed by atoms with Gasteiger partial charge in [-0.15, -0.1) is 0 Å². The molecule has 0 saturated heterocycles. The summed E-state index contributed by atoms with van der Waals surface area (Å²) in [6.07, 6.45) is 0. The Morgan fingerprint density at radius 3 is 2.52 bits per heavy atom. The zero-order valence-corrected chi connectivity index (χ0v) is 16.4. The van der Waals surface area contributed by atoms with Gasteiger partial charge in [0.2, 0.25) is 0 Å². The minimum atomic E-state index is -0.688. The summed E-state index contributed by atoms with van der Waals surface area (Å²) in [7, 11) is 0. The number of hydrogen-bond acceptors (Lipinski definition) is 6. The lowest BCUT2D eigenvalue weighted by Crippen LogP contribution is -2.24. The molecule has 1 heterocycles. The molecule has 0 spiro atoms. The van der Waals surface area contributed by atoms with Gasteiger partial charge < -0.3 is 19.2 Å². The van der Waals surface area contributed by atoms with E-state index in [-0.39, 0.29) is 6.61 Å². The van der Waals surface area contributed by atoms with Crippen molar-refractivity contribution in [2.45, 2.75) is 20.8 Å². The van der Waals surface area contributed by atoms with Crippen LogP contribution in [-0.2, 0) is 14.3 Å². The molecule has 0 fully saturated rings. The lowest BCUT2D eigenvalue weighted by atomic mass is 10.1. The van der Waals surface area contributed by atoms with Gasteiger partial charge in [-0.3, -0.25) is 4.79 Å². The zero-order chi connectivity index (χ0) is 21.0. The molecule has 1 aromatic heterocycles. The number of hydrogen-bond donors (Lipinski definition) is 1. The van der Waals surface area contributed by atoms with E-state index in [1.54, 1.807) is 25.1 Å². The van der Waals surface area contributed by atoms with Gasteiger partial charge in [0, 0.05) is 23.2 Å². The maximum atomic E-state index is 12.0. The second-order valence-corrected chi connectivity index (χ2v) is 6.72. The van der Waals surface area contributed by atoms with Crippen molar-refractivity contribution in [2.24, 2.45) is 0 Å². The highest BCUT2D eigenvalue weighted by Crippen LogP contribution is 2.22. The highest BCUT2D eigenvalue weighted by molar-refractivity contribution is 5.93. The number of fused-ring (bicyclic) bond motifs is 1. The number of esters is 1. The van der Waals surface area contributed by atoms with Gasteiger partial charge in [0.15, 0.2) is 13.2 Å². The third-order valence-electron chi connectivity index (χ3n) is 4.30. The molecular weight excluding hydrogens is 374 g/mol. The molecule has 0 bridgehead atoms. The summed E-state index contributed by atoms with van der Waals surface area (Å²) in [5.41, 5.74) is 3.38.